The number of ether oxygens (including phenoxy) is 2. The van der Waals surface area contributed by atoms with E-state index in [-0.39, 0.29) is 11.5 Å². The van der Waals surface area contributed by atoms with Crippen LogP contribution in [0.15, 0.2) is 42.5 Å². The van der Waals surface area contributed by atoms with Gasteiger partial charge in [0.1, 0.15) is 5.75 Å². The standard InChI is InChI=1S/C26H35N3O5/c1-4-34-17-5-14-28(2)21-12-15-29(16-13-21)24-11-8-20(18-23(24)26(31)32)27-25(30)19-6-9-22(33-3)10-7-19/h6-11,18,21H,4-5,12-17H2,1-3H3,(H,27,30)(H,31,32). The van der Waals surface area contributed by atoms with E-state index in [0.29, 0.717) is 28.7 Å². The van der Waals surface area contributed by atoms with Crippen molar-refractivity contribution in [1.29, 1.82) is 0 Å². The number of methoxy groups -OCH3 is 1. The van der Waals surface area contributed by atoms with Crippen molar-refractivity contribution in [2.24, 2.45) is 0 Å². The lowest BCUT2D eigenvalue weighted by atomic mass is 10.0. The first-order valence-corrected chi connectivity index (χ1v) is 11.8. The zero-order valence-electron chi connectivity index (χ0n) is 20.3. The van der Waals surface area contributed by atoms with Crippen molar-refractivity contribution in [2.75, 3.05) is 57.2 Å². The highest BCUT2D eigenvalue weighted by molar-refractivity contribution is 6.05. The van der Waals surface area contributed by atoms with Gasteiger partial charge in [-0.05, 0) is 75.7 Å². The van der Waals surface area contributed by atoms with Crippen LogP contribution < -0.4 is 15.0 Å². The van der Waals surface area contributed by atoms with Crippen molar-refractivity contribution in [3.63, 3.8) is 0 Å². The first kappa shape index (κ1) is 25.5. The monoisotopic (exact) mass is 469 g/mol. The van der Waals surface area contributed by atoms with E-state index in [0.717, 1.165) is 52.1 Å². The molecule has 1 saturated heterocycles. The predicted molar refractivity (Wildman–Crippen MR) is 133 cm³/mol. The predicted octanol–water partition coefficient (Wildman–Crippen LogP) is 3.97. The summed E-state index contributed by atoms with van der Waals surface area (Å²) in [5, 5.41) is 12.6. The number of hydrogen-bond acceptors (Lipinski definition) is 6. The Balaban J connectivity index is 1.62. The summed E-state index contributed by atoms with van der Waals surface area (Å²) in [4.78, 5) is 29.1. The summed E-state index contributed by atoms with van der Waals surface area (Å²) < 4.78 is 10.5. The van der Waals surface area contributed by atoms with E-state index in [4.69, 9.17) is 9.47 Å². The fourth-order valence-corrected chi connectivity index (χ4v) is 4.30. The number of carbonyl (C=O) groups excluding carboxylic acids is 1. The van der Waals surface area contributed by atoms with Gasteiger partial charge >= 0.3 is 5.97 Å². The molecule has 2 aromatic rings. The van der Waals surface area contributed by atoms with Gasteiger partial charge in [-0.2, -0.15) is 0 Å². The van der Waals surface area contributed by atoms with E-state index in [1.807, 2.05) is 6.92 Å². The van der Waals surface area contributed by atoms with Gasteiger partial charge < -0.3 is 29.7 Å². The SMILES string of the molecule is CCOCCCN(C)C1CCN(c2ccc(NC(=O)c3ccc(OC)cc3)cc2C(=O)O)CC1. The number of nitrogens with zero attached hydrogens (tertiary/aromatic N) is 2. The second-order valence-corrected chi connectivity index (χ2v) is 8.47. The topological polar surface area (TPSA) is 91.3 Å². The molecule has 1 aliphatic rings. The third-order valence-corrected chi connectivity index (χ3v) is 6.27. The molecule has 1 heterocycles. The second-order valence-electron chi connectivity index (χ2n) is 8.47. The van der Waals surface area contributed by atoms with Crippen molar-refractivity contribution in [3.05, 3.63) is 53.6 Å². The lowest BCUT2D eigenvalue weighted by molar-refractivity contribution is 0.0697. The minimum absolute atomic E-state index is 0.191. The summed E-state index contributed by atoms with van der Waals surface area (Å²) in [6.07, 6.45) is 2.96. The van der Waals surface area contributed by atoms with Crippen molar-refractivity contribution in [3.8, 4) is 5.75 Å². The summed E-state index contributed by atoms with van der Waals surface area (Å²) in [7, 11) is 3.71. The van der Waals surface area contributed by atoms with E-state index in [2.05, 4.69) is 22.2 Å². The molecule has 3 rings (SSSR count). The maximum absolute atomic E-state index is 12.6. The first-order valence-electron chi connectivity index (χ1n) is 11.8. The molecule has 0 aliphatic carbocycles. The van der Waals surface area contributed by atoms with E-state index in [1.165, 1.54) is 6.07 Å². The minimum atomic E-state index is -1.01. The molecule has 1 fully saturated rings. The first-order chi connectivity index (χ1) is 16.4. The Bertz CT molecular complexity index is 955. The van der Waals surface area contributed by atoms with Crippen LogP contribution in [-0.2, 0) is 4.74 Å². The van der Waals surface area contributed by atoms with Gasteiger partial charge in [0.2, 0.25) is 0 Å². The Morgan fingerprint density at radius 3 is 2.47 bits per heavy atom. The average molecular weight is 470 g/mol. The summed E-state index contributed by atoms with van der Waals surface area (Å²) in [5.74, 6) is -0.653. The Morgan fingerprint density at radius 2 is 1.85 bits per heavy atom. The molecule has 2 N–H and O–H groups in total. The van der Waals surface area contributed by atoms with Gasteiger partial charge in [-0.3, -0.25) is 4.79 Å². The Hall–Kier alpha value is -3.10. The van der Waals surface area contributed by atoms with Gasteiger partial charge in [0.15, 0.2) is 0 Å². The second kappa shape index (κ2) is 12.4. The number of hydrogen-bond donors (Lipinski definition) is 2. The zero-order valence-corrected chi connectivity index (χ0v) is 20.3. The summed E-state index contributed by atoms with van der Waals surface area (Å²) in [5.41, 5.74) is 1.79. The highest BCUT2D eigenvalue weighted by Gasteiger charge is 2.25. The number of piperidine rings is 1. The number of carboxylic acid groups (broad SMARTS) is 1. The maximum Gasteiger partial charge on any atom is 0.337 e. The Morgan fingerprint density at radius 1 is 1.15 bits per heavy atom. The Kier molecular flexibility index (Phi) is 9.30. The molecule has 0 bridgehead atoms. The van der Waals surface area contributed by atoms with E-state index >= 15 is 0 Å². The molecule has 8 heteroatoms. The van der Waals surface area contributed by atoms with Crippen LogP contribution in [0, 0.1) is 0 Å². The van der Waals surface area contributed by atoms with Gasteiger partial charge in [0.05, 0.1) is 18.4 Å². The van der Waals surface area contributed by atoms with Crippen molar-refractivity contribution in [1.82, 2.24) is 4.90 Å². The van der Waals surface area contributed by atoms with Gasteiger partial charge in [-0.15, -0.1) is 0 Å². The summed E-state index contributed by atoms with van der Waals surface area (Å²) in [6, 6.07) is 12.3. The molecule has 0 atom stereocenters. The summed E-state index contributed by atoms with van der Waals surface area (Å²) >= 11 is 0. The molecule has 1 amide bonds. The Labute approximate surface area is 201 Å². The zero-order chi connectivity index (χ0) is 24.5. The number of carboxylic acids is 1. The molecule has 34 heavy (non-hydrogen) atoms. The van der Waals surface area contributed by atoms with Crippen LogP contribution in [0.4, 0.5) is 11.4 Å². The van der Waals surface area contributed by atoms with Crippen LogP contribution in [0.3, 0.4) is 0 Å². The number of nitrogens with one attached hydrogen (secondary N) is 1. The molecule has 0 unspecified atom stereocenters. The number of amides is 1. The van der Waals surface area contributed by atoms with Gasteiger partial charge in [-0.1, -0.05) is 0 Å². The molecule has 0 spiro atoms. The fourth-order valence-electron chi connectivity index (χ4n) is 4.30. The minimum Gasteiger partial charge on any atom is -0.497 e. The third kappa shape index (κ3) is 6.71. The van der Waals surface area contributed by atoms with Crippen molar-refractivity contribution < 1.29 is 24.2 Å². The molecule has 0 radical (unpaired) electrons. The molecular formula is C26H35N3O5. The molecule has 0 aromatic heterocycles. The van der Waals surface area contributed by atoms with Crippen molar-refractivity contribution >= 4 is 23.3 Å². The van der Waals surface area contributed by atoms with E-state index in [1.54, 1.807) is 43.5 Å². The maximum atomic E-state index is 12.6. The molecule has 2 aromatic carbocycles. The smallest absolute Gasteiger partial charge is 0.337 e. The number of rotatable bonds is 11. The third-order valence-electron chi connectivity index (χ3n) is 6.27. The molecule has 0 saturated carbocycles. The summed E-state index contributed by atoms with van der Waals surface area (Å²) in [6.45, 7) is 6.11. The highest BCUT2D eigenvalue weighted by Crippen LogP contribution is 2.28. The highest BCUT2D eigenvalue weighted by atomic mass is 16.5. The van der Waals surface area contributed by atoms with Gasteiger partial charge in [0, 0.05) is 50.1 Å². The lowest BCUT2D eigenvalue weighted by Crippen LogP contribution is -2.44. The van der Waals surface area contributed by atoms with E-state index < -0.39 is 5.97 Å². The normalized spacial score (nSPS) is 14.3. The quantitative estimate of drug-likeness (QED) is 0.481. The number of aromatic carboxylic acids is 1. The molecule has 184 valence electrons. The molecular weight excluding hydrogens is 434 g/mol. The molecule has 1 aliphatic heterocycles. The van der Waals surface area contributed by atoms with Crippen LogP contribution >= 0.6 is 0 Å². The van der Waals surface area contributed by atoms with Crippen LogP contribution in [-0.4, -0.2) is 74.9 Å². The van der Waals surface area contributed by atoms with Gasteiger partial charge in [-0.25, -0.2) is 4.79 Å². The number of benzene rings is 2. The lowest BCUT2D eigenvalue weighted by Gasteiger charge is -2.38. The van der Waals surface area contributed by atoms with Crippen LogP contribution in [0.5, 0.6) is 5.75 Å². The average Bonchev–Trinajstić information content (AvgIpc) is 2.86. The largest absolute Gasteiger partial charge is 0.497 e. The van der Waals surface area contributed by atoms with Crippen LogP contribution in [0.25, 0.3) is 0 Å². The van der Waals surface area contributed by atoms with Crippen LogP contribution in [0.1, 0.15) is 46.9 Å². The van der Waals surface area contributed by atoms with Crippen LogP contribution in [0.2, 0.25) is 0 Å². The number of carbonyl (C=O) groups is 2. The fraction of sp³-hybridized carbons (Fsp3) is 0.462. The number of anilines is 2. The molecule has 8 nitrogen and oxygen atoms in total. The van der Waals surface area contributed by atoms with Gasteiger partial charge in [0.25, 0.3) is 5.91 Å². The van der Waals surface area contributed by atoms with E-state index in [9.17, 15) is 14.7 Å². The van der Waals surface area contributed by atoms with Crippen molar-refractivity contribution in [2.45, 2.75) is 32.2 Å².